The summed E-state index contributed by atoms with van der Waals surface area (Å²) in [6.45, 7) is 6.14. The number of piperidine rings is 1. The standard InChI is InChI=1S/C15H22N4O/c1-11-12(2)19(15(17)13(11)10-16)9-6-14(20)18-7-4-3-5-8-18/h3-9,17H2,1-2H3. The first-order chi connectivity index (χ1) is 9.56. The molecule has 20 heavy (non-hydrogen) atoms. The molecule has 1 aliphatic heterocycles. The van der Waals surface area contributed by atoms with Gasteiger partial charge in [0.25, 0.3) is 0 Å². The van der Waals surface area contributed by atoms with Crippen molar-refractivity contribution in [3.63, 3.8) is 0 Å². The molecule has 0 aromatic carbocycles. The molecule has 5 nitrogen and oxygen atoms in total. The lowest BCUT2D eigenvalue weighted by molar-refractivity contribution is -0.132. The lowest BCUT2D eigenvalue weighted by atomic mass is 10.1. The number of carbonyl (C=O) groups excluding carboxylic acids is 1. The molecule has 1 aromatic rings. The minimum absolute atomic E-state index is 0.188. The predicted molar refractivity (Wildman–Crippen MR) is 78.1 cm³/mol. The van der Waals surface area contributed by atoms with Gasteiger partial charge in [-0.2, -0.15) is 5.26 Å². The number of nitriles is 1. The van der Waals surface area contributed by atoms with Crippen LogP contribution in [0.25, 0.3) is 0 Å². The van der Waals surface area contributed by atoms with Gasteiger partial charge in [0.05, 0.1) is 5.56 Å². The van der Waals surface area contributed by atoms with Gasteiger partial charge in [0, 0.05) is 31.7 Å². The van der Waals surface area contributed by atoms with Crippen molar-refractivity contribution < 1.29 is 4.79 Å². The Morgan fingerprint density at radius 1 is 1.30 bits per heavy atom. The molecule has 2 N–H and O–H groups in total. The van der Waals surface area contributed by atoms with Gasteiger partial charge in [-0.05, 0) is 38.7 Å². The lowest BCUT2D eigenvalue weighted by Crippen LogP contribution is -2.36. The molecule has 1 aromatic heterocycles. The van der Waals surface area contributed by atoms with Crippen molar-refractivity contribution in [2.75, 3.05) is 18.8 Å². The van der Waals surface area contributed by atoms with E-state index in [1.807, 2.05) is 23.3 Å². The van der Waals surface area contributed by atoms with Crippen LogP contribution < -0.4 is 5.73 Å². The van der Waals surface area contributed by atoms with Crippen LogP contribution in [0, 0.1) is 25.2 Å². The van der Waals surface area contributed by atoms with Crippen LogP contribution >= 0.6 is 0 Å². The van der Waals surface area contributed by atoms with Gasteiger partial charge in [-0.15, -0.1) is 0 Å². The summed E-state index contributed by atoms with van der Waals surface area (Å²) in [6, 6.07) is 2.13. The zero-order valence-electron chi connectivity index (χ0n) is 12.3. The van der Waals surface area contributed by atoms with E-state index in [1.165, 1.54) is 6.42 Å². The van der Waals surface area contributed by atoms with Crippen molar-refractivity contribution in [2.45, 2.75) is 46.1 Å². The molecule has 1 amide bonds. The zero-order valence-corrected chi connectivity index (χ0v) is 12.3. The number of nitrogens with zero attached hydrogens (tertiary/aromatic N) is 3. The molecule has 0 unspecified atom stereocenters. The van der Waals surface area contributed by atoms with Crippen LogP contribution in [0.3, 0.4) is 0 Å². The topological polar surface area (TPSA) is 75.0 Å². The second-order valence-electron chi connectivity index (χ2n) is 5.43. The highest BCUT2D eigenvalue weighted by molar-refractivity contribution is 5.76. The summed E-state index contributed by atoms with van der Waals surface area (Å²) >= 11 is 0. The number of likely N-dealkylation sites (tertiary alicyclic amines) is 1. The van der Waals surface area contributed by atoms with Crippen LogP contribution in [-0.4, -0.2) is 28.5 Å². The molecular formula is C15H22N4O. The Balaban J connectivity index is 2.04. The highest BCUT2D eigenvalue weighted by Crippen LogP contribution is 2.23. The Hall–Kier alpha value is -1.96. The summed E-state index contributed by atoms with van der Waals surface area (Å²) in [5, 5.41) is 9.10. The van der Waals surface area contributed by atoms with Crippen molar-refractivity contribution in [1.82, 2.24) is 9.47 Å². The number of hydrogen-bond acceptors (Lipinski definition) is 3. The minimum atomic E-state index is 0.188. The van der Waals surface area contributed by atoms with Crippen LogP contribution in [0.1, 0.15) is 42.5 Å². The van der Waals surface area contributed by atoms with E-state index in [0.717, 1.165) is 37.2 Å². The number of carbonyl (C=O) groups is 1. The molecule has 0 bridgehead atoms. The van der Waals surface area contributed by atoms with Gasteiger partial charge < -0.3 is 15.2 Å². The van der Waals surface area contributed by atoms with Crippen LogP contribution in [0.2, 0.25) is 0 Å². The molecule has 0 saturated carbocycles. The maximum absolute atomic E-state index is 12.2. The van der Waals surface area contributed by atoms with E-state index in [4.69, 9.17) is 11.0 Å². The minimum Gasteiger partial charge on any atom is -0.384 e. The van der Waals surface area contributed by atoms with Crippen LogP contribution in [0.15, 0.2) is 0 Å². The van der Waals surface area contributed by atoms with E-state index in [9.17, 15) is 4.79 Å². The third kappa shape index (κ3) is 2.64. The summed E-state index contributed by atoms with van der Waals surface area (Å²) in [5.74, 6) is 0.669. The molecule has 0 atom stereocenters. The average molecular weight is 274 g/mol. The maximum Gasteiger partial charge on any atom is 0.224 e. The summed E-state index contributed by atoms with van der Waals surface area (Å²) < 4.78 is 1.88. The van der Waals surface area contributed by atoms with E-state index < -0.39 is 0 Å². The van der Waals surface area contributed by atoms with Gasteiger partial charge in [0.1, 0.15) is 11.9 Å². The number of aromatic nitrogens is 1. The largest absolute Gasteiger partial charge is 0.384 e. The first-order valence-electron chi connectivity index (χ1n) is 7.19. The summed E-state index contributed by atoms with van der Waals surface area (Å²) in [4.78, 5) is 14.1. The smallest absolute Gasteiger partial charge is 0.224 e. The molecule has 108 valence electrons. The molecule has 5 heteroatoms. The van der Waals surface area contributed by atoms with E-state index in [2.05, 4.69) is 6.07 Å². The second kappa shape index (κ2) is 6.00. The SMILES string of the molecule is Cc1c(C#N)c(N)n(CCC(=O)N2CCCCC2)c1C. The van der Waals surface area contributed by atoms with Gasteiger partial charge in [-0.1, -0.05) is 0 Å². The Morgan fingerprint density at radius 2 is 1.95 bits per heavy atom. The molecule has 0 spiro atoms. The van der Waals surface area contributed by atoms with E-state index >= 15 is 0 Å². The van der Waals surface area contributed by atoms with Crippen molar-refractivity contribution >= 4 is 11.7 Å². The maximum atomic E-state index is 12.2. The Bertz CT molecular complexity index is 547. The molecule has 1 aliphatic rings. The van der Waals surface area contributed by atoms with Crippen LogP contribution in [-0.2, 0) is 11.3 Å². The van der Waals surface area contributed by atoms with Gasteiger partial charge in [0.2, 0.25) is 5.91 Å². The molecule has 1 fully saturated rings. The first-order valence-corrected chi connectivity index (χ1v) is 7.19. The number of nitrogens with two attached hydrogens (primary N) is 1. The van der Waals surface area contributed by atoms with Gasteiger partial charge in [0.15, 0.2) is 0 Å². The van der Waals surface area contributed by atoms with Gasteiger partial charge >= 0.3 is 0 Å². The van der Waals surface area contributed by atoms with E-state index in [1.54, 1.807) is 0 Å². The monoisotopic (exact) mass is 274 g/mol. The molecule has 0 aliphatic carbocycles. The van der Waals surface area contributed by atoms with Gasteiger partial charge in [-0.25, -0.2) is 0 Å². The molecule has 2 heterocycles. The van der Waals surface area contributed by atoms with Gasteiger partial charge in [-0.3, -0.25) is 4.79 Å². The quantitative estimate of drug-likeness (QED) is 0.915. The fourth-order valence-corrected chi connectivity index (χ4v) is 2.83. The highest BCUT2D eigenvalue weighted by atomic mass is 16.2. The third-order valence-electron chi connectivity index (χ3n) is 4.24. The van der Waals surface area contributed by atoms with Crippen LogP contribution in [0.4, 0.5) is 5.82 Å². The second-order valence-corrected chi connectivity index (χ2v) is 5.43. The Morgan fingerprint density at radius 3 is 2.50 bits per heavy atom. The fourth-order valence-electron chi connectivity index (χ4n) is 2.83. The average Bonchev–Trinajstić information content (AvgIpc) is 2.68. The third-order valence-corrected chi connectivity index (χ3v) is 4.24. The summed E-state index contributed by atoms with van der Waals surface area (Å²) in [7, 11) is 0. The molecular weight excluding hydrogens is 252 g/mol. The molecule has 0 radical (unpaired) electrons. The van der Waals surface area contributed by atoms with E-state index in [-0.39, 0.29) is 5.91 Å². The Kier molecular flexibility index (Phi) is 4.33. The Labute approximate surface area is 120 Å². The van der Waals surface area contributed by atoms with Crippen molar-refractivity contribution in [2.24, 2.45) is 0 Å². The highest BCUT2D eigenvalue weighted by Gasteiger charge is 2.19. The fraction of sp³-hybridized carbons (Fsp3) is 0.600. The van der Waals surface area contributed by atoms with Crippen LogP contribution in [0.5, 0.6) is 0 Å². The number of amides is 1. The van der Waals surface area contributed by atoms with Crippen molar-refractivity contribution in [3.8, 4) is 6.07 Å². The number of anilines is 1. The summed E-state index contributed by atoms with van der Waals surface area (Å²) in [5.41, 5.74) is 8.42. The first kappa shape index (κ1) is 14.4. The number of rotatable bonds is 3. The predicted octanol–water partition coefficient (Wildman–Crippen LogP) is 1.96. The molecule has 1 saturated heterocycles. The summed E-state index contributed by atoms with van der Waals surface area (Å²) in [6.07, 6.45) is 3.88. The van der Waals surface area contributed by atoms with E-state index in [0.29, 0.717) is 24.3 Å². The lowest BCUT2D eigenvalue weighted by Gasteiger charge is -2.27. The number of hydrogen-bond donors (Lipinski definition) is 1. The normalized spacial score (nSPS) is 15.2. The van der Waals surface area contributed by atoms with Crippen molar-refractivity contribution in [3.05, 3.63) is 16.8 Å². The zero-order chi connectivity index (χ0) is 14.7. The number of nitrogen functional groups attached to an aromatic ring is 1. The van der Waals surface area contributed by atoms with Crippen molar-refractivity contribution in [1.29, 1.82) is 5.26 Å². The molecule has 2 rings (SSSR count).